The second-order valence-electron chi connectivity index (χ2n) is 12.0. The van der Waals surface area contributed by atoms with E-state index < -0.39 is 23.9 Å². The normalized spacial score (nSPS) is 11.1. The van der Waals surface area contributed by atoms with Crippen molar-refractivity contribution in [2.75, 3.05) is 63.4 Å². The van der Waals surface area contributed by atoms with Crippen LogP contribution in [0.25, 0.3) is 12.2 Å². The lowest BCUT2D eigenvalue weighted by molar-refractivity contribution is -0.136. The monoisotopic (exact) mass is 734 g/mol. The Morgan fingerprint density at radius 1 is 0.611 bits per heavy atom. The summed E-state index contributed by atoms with van der Waals surface area (Å²) >= 11 is 0. The molecule has 0 bridgehead atoms. The second kappa shape index (κ2) is 22.5. The van der Waals surface area contributed by atoms with Crippen molar-refractivity contribution >= 4 is 47.4 Å². The molecule has 0 saturated heterocycles. The molecule has 0 amide bonds. The summed E-state index contributed by atoms with van der Waals surface area (Å²) in [6.07, 6.45) is 6.70. The highest BCUT2D eigenvalue weighted by Crippen LogP contribution is 2.20. The maximum absolute atomic E-state index is 13.0. The van der Waals surface area contributed by atoms with Crippen molar-refractivity contribution in [3.63, 3.8) is 0 Å². The Labute approximate surface area is 316 Å². The summed E-state index contributed by atoms with van der Waals surface area (Å²) in [5, 5.41) is 18.5. The first-order chi connectivity index (χ1) is 26.2. The Kier molecular flexibility index (Phi) is 17.5. The van der Waals surface area contributed by atoms with E-state index in [4.69, 9.17) is 9.47 Å². The van der Waals surface area contributed by atoms with Crippen LogP contribution in [0.1, 0.15) is 71.4 Å². The lowest BCUT2D eigenvalue weighted by Gasteiger charge is -2.25. The number of hydrogen-bond donors (Lipinski definition) is 0. The minimum Gasteiger partial charge on any atom is -0.465 e. The molecule has 12 nitrogen and oxygen atoms in total. The second-order valence-corrected chi connectivity index (χ2v) is 12.0. The van der Waals surface area contributed by atoms with E-state index in [1.54, 1.807) is 42.5 Å². The van der Waals surface area contributed by atoms with Crippen LogP contribution in [0.15, 0.2) is 83.9 Å². The number of nitrogens with zero attached hydrogens (tertiary/aromatic N) is 4. The van der Waals surface area contributed by atoms with Gasteiger partial charge in [-0.25, -0.2) is 19.2 Å². The van der Waals surface area contributed by atoms with Gasteiger partial charge in [0.25, 0.3) is 0 Å². The largest absolute Gasteiger partial charge is 0.465 e. The van der Waals surface area contributed by atoms with Crippen LogP contribution in [-0.4, -0.2) is 77.5 Å². The molecule has 3 aromatic rings. The van der Waals surface area contributed by atoms with Gasteiger partial charge >= 0.3 is 23.9 Å². The van der Waals surface area contributed by atoms with Gasteiger partial charge in [-0.05, 0) is 78.6 Å². The van der Waals surface area contributed by atoms with Crippen molar-refractivity contribution in [3.8, 4) is 12.1 Å². The van der Waals surface area contributed by atoms with Gasteiger partial charge < -0.3 is 28.7 Å². The molecule has 282 valence electrons. The highest BCUT2D eigenvalue weighted by atomic mass is 16.5. The summed E-state index contributed by atoms with van der Waals surface area (Å²) in [5.74, 6) is -2.54. The maximum atomic E-state index is 13.0. The topological polar surface area (TPSA) is 159 Å². The van der Waals surface area contributed by atoms with Crippen molar-refractivity contribution in [2.24, 2.45) is 0 Å². The fourth-order valence-electron chi connectivity index (χ4n) is 5.26. The fraction of sp³-hybridized carbons (Fsp3) is 0.333. The van der Waals surface area contributed by atoms with Crippen LogP contribution in [0.3, 0.4) is 0 Å². The number of hydrogen-bond acceptors (Lipinski definition) is 12. The third-order valence-corrected chi connectivity index (χ3v) is 8.28. The number of benzene rings is 3. The van der Waals surface area contributed by atoms with Crippen molar-refractivity contribution in [2.45, 2.75) is 39.5 Å². The molecule has 0 saturated carbocycles. The molecule has 0 aliphatic heterocycles. The maximum Gasteiger partial charge on any atom is 0.348 e. The SMILES string of the molecule is CCCCN(CCOC(=O)c1cccc(C(=O)OCCN(CCCC)c2ccc(/C=C(\C#N)C(=O)OC)cc2)c1)c1ccc(/C=C(\C#N)C(=O)OC)cc1. The van der Waals surface area contributed by atoms with Crippen LogP contribution in [0, 0.1) is 22.7 Å². The quantitative estimate of drug-likeness (QED) is 0.0520. The van der Waals surface area contributed by atoms with Gasteiger partial charge in [0.2, 0.25) is 0 Å². The number of ether oxygens (including phenoxy) is 4. The zero-order valence-corrected chi connectivity index (χ0v) is 31.2. The molecule has 0 atom stereocenters. The summed E-state index contributed by atoms with van der Waals surface area (Å²) < 4.78 is 20.5. The molecule has 3 rings (SSSR count). The van der Waals surface area contributed by atoms with E-state index >= 15 is 0 Å². The first-order valence-electron chi connectivity index (χ1n) is 17.7. The Morgan fingerprint density at radius 3 is 1.33 bits per heavy atom. The van der Waals surface area contributed by atoms with Crippen LogP contribution in [0.4, 0.5) is 11.4 Å². The van der Waals surface area contributed by atoms with Crippen molar-refractivity contribution in [1.29, 1.82) is 10.5 Å². The number of carbonyl (C=O) groups excluding carboxylic acids is 4. The highest BCUT2D eigenvalue weighted by Gasteiger charge is 2.16. The van der Waals surface area contributed by atoms with Gasteiger partial charge in [0.15, 0.2) is 0 Å². The molecule has 54 heavy (non-hydrogen) atoms. The number of methoxy groups -OCH3 is 2. The predicted molar refractivity (Wildman–Crippen MR) is 205 cm³/mol. The lowest BCUT2D eigenvalue weighted by atomic mass is 10.1. The predicted octanol–water partition coefficient (Wildman–Crippen LogP) is 6.77. The number of rotatable bonds is 20. The molecule has 0 heterocycles. The summed E-state index contributed by atoms with van der Waals surface area (Å²) in [7, 11) is 2.44. The number of nitriles is 2. The van der Waals surface area contributed by atoms with Crippen LogP contribution in [0.5, 0.6) is 0 Å². The molecular formula is C42H46N4O8. The first kappa shape index (κ1) is 42.0. The Morgan fingerprint density at radius 2 is 1.00 bits per heavy atom. The van der Waals surface area contributed by atoms with Crippen molar-refractivity contribution < 1.29 is 38.1 Å². The zero-order valence-electron chi connectivity index (χ0n) is 31.2. The number of unbranched alkanes of at least 4 members (excludes halogenated alkanes) is 2. The van der Waals surface area contributed by atoms with E-state index in [-0.39, 0.29) is 35.5 Å². The van der Waals surface area contributed by atoms with Gasteiger partial charge in [-0.3, -0.25) is 0 Å². The number of anilines is 2. The summed E-state index contributed by atoms with van der Waals surface area (Å²) in [6.45, 7) is 6.70. The van der Waals surface area contributed by atoms with Gasteiger partial charge in [-0.1, -0.05) is 57.0 Å². The summed E-state index contributed by atoms with van der Waals surface area (Å²) in [4.78, 5) is 53.7. The summed E-state index contributed by atoms with van der Waals surface area (Å²) in [5.41, 5.74) is 3.38. The molecule has 0 unspecified atom stereocenters. The molecule has 0 aliphatic rings. The smallest absolute Gasteiger partial charge is 0.348 e. The Balaban J connectivity index is 1.59. The molecule has 0 N–H and O–H groups in total. The van der Waals surface area contributed by atoms with Gasteiger partial charge in [0.05, 0.1) is 38.4 Å². The molecule has 12 heteroatoms. The van der Waals surface area contributed by atoms with Gasteiger partial charge in [-0.15, -0.1) is 0 Å². The molecular weight excluding hydrogens is 688 g/mol. The Hall–Kier alpha value is -6.40. The molecule has 3 aromatic carbocycles. The number of carbonyl (C=O) groups is 4. The van der Waals surface area contributed by atoms with E-state index in [1.165, 1.54) is 32.4 Å². The van der Waals surface area contributed by atoms with Crippen molar-refractivity contribution in [3.05, 3.63) is 106 Å². The van der Waals surface area contributed by atoms with Gasteiger partial charge in [0, 0.05) is 24.5 Å². The van der Waals surface area contributed by atoms with E-state index in [0.29, 0.717) is 24.2 Å². The van der Waals surface area contributed by atoms with Crippen LogP contribution in [-0.2, 0) is 28.5 Å². The summed E-state index contributed by atoms with van der Waals surface area (Å²) in [6, 6.07) is 24.6. The third-order valence-electron chi connectivity index (χ3n) is 8.28. The molecule has 0 aliphatic carbocycles. The van der Waals surface area contributed by atoms with Crippen LogP contribution in [0.2, 0.25) is 0 Å². The van der Waals surface area contributed by atoms with Gasteiger partial charge in [-0.2, -0.15) is 10.5 Å². The molecule has 0 spiro atoms. The van der Waals surface area contributed by atoms with Crippen LogP contribution < -0.4 is 9.80 Å². The average Bonchev–Trinajstić information content (AvgIpc) is 3.21. The van der Waals surface area contributed by atoms with Crippen molar-refractivity contribution in [1.82, 2.24) is 0 Å². The number of esters is 4. The molecule has 0 radical (unpaired) electrons. The average molecular weight is 735 g/mol. The van der Waals surface area contributed by atoms with E-state index in [1.807, 2.05) is 36.4 Å². The zero-order chi connectivity index (χ0) is 39.3. The van der Waals surface area contributed by atoms with E-state index in [2.05, 4.69) is 33.1 Å². The van der Waals surface area contributed by atoms with Gasteiger partial charge in [0.1, 0.15) is 36.5 Å². The minimum absolute atomic E-state index is 0.101. The van der Waals surface area contributed by atoms with E-state index in [0.717, 1.165) is 50.1 Å². The molecule has 0 fully saturated rings. The Bertz CT molecular complexity index is 1740. The molecule has 0 aromatic heterocycles. The lowest BCUT2D eigenvalue weighted by Crippen LogP contribution is -2.29. The third kappa shape index (κ3) is 13.0. The van der Waals surface area contributed by atoms with Crippen LogP contribution >= 0.6 is 0 Å². The highest BCUT2D eigenvalue weighted by molar-refractivity contribution is 5.98. The standard InChI is InChI=1S/C42H46N4O8/c1-5-7-20-45(37-16-12-31(13-17-37)26-35(29-43)39(47)51-3)22-24-53-41(49)33-10-9-11-34(28-33)42(50)54-25-23-46(21-8-6-2)38-18-14-32(15-19-38)27-36(30-44)40(48)52-4/h9-19,26-28H,5-8,20-25H2,1-4H3/b35-26+,36-27+. The fourth-order valence-corrected chi connectivity index (χ4v) is 5.26. The first-order valence-corrected chi connectivity index (χ1v) is 17.7. The minimum atomic E-state index is -0.703. The van der Waals surface area contributed by atoms with E-state index in [9.17, 15) is 29.7 Å².